The molecule has 0 aromatic rings. The second kappa shape index (κ2) is 35.4. The van der Waals surface area contributed by atoms with Crippen molar-refractivity contribution in [1.82, 2.24) is 5.32 Å². The first-order valence-electron chi connectivity index (χ1n) is 20.0. The third-order valence-electron chi connectivity index (χ3n) is 9.06. The molecule has 0 aliphatic heterocycles. The van der Waals surface area contributed by atoms with E-state index in [1.165, 1.54) is 103 Å². The molecule has 0 saturated carbocycles. The molecule has 0 fully saturated rings. The van der Waals surface area contributed by atoms with Gasteiger partial charge in [-0.3, -0.25) is 9.59 Å². The van der Waals surface area contributed by atoms with Gasteiger partial charge in [-0.1, -0.05) is 135 Å². The molecule has 47 heavy (non-hydrogen) atoms. The number of rotatable bonds is 36. The van der Waals surface area contributed by atoms with Crippen LogP contribution in [0, 0.1) is 0 Å². The smallest absolute Gasteiger partial charge is 0.326 e. The van der Waals surface area contributed by atoms with Gasteiger partial charge in [-0.15, -0.1) is 0 Å². The molecule has 2 unspecified atom stereocenters. The van der Waals surface area contributed by atoms with E-state index < -0.39 is 12.0 Å². The Morgan fingerprint density at radius 2 is 1.09 bits per heavy atom. The number of nitrogens with one attached hydrogen (secondary N) is 1. The van der Waals surface area contributed by atoms with E-state index in [0.29, 0.717) is 32.2 Å². The van der Waals surface area contributed by atoms with Crippen molar-refractivity contribution in [1.29, 1.82) is 0 Å². The molecule has 0 aliphatic carbocycles. The summed E-state index contributed by atoms with van der Waals surface area (Å²) >= 11 is 0. The number of allylic oxidation sites excluding steroid dienone is 2. The van der Waals surface area contributed by atoms with Crippen LogP contribution in [0.25, 0.3) is 0 Å². The largest absolute Gasteiger partial charge is 0.480 e. The lowest BCUT2D eigenvalue weighted by Gasteiger charge is -2.18. The molecule has 0 radical (unpaired) electrons. The summed E-state index contributed by atoms with van der Waals surface area (Å²) in [7, 11) is 0. The van der Waals surface area contributed by atoms with Crippen molar-refractivity contribution in [3.63, 3.8) is 0 Å². The normalized spacial score (nSPS) is 12.7. The Bertz CT molecular complexity index is 757. The number of hydrogen-bond acceptors (Lipinski definition) is 5. The molecule has 0 aromatic heterocycles. The molecule has 7 nitrogen and oxygen atoms in total. The lowest BCUT2D eigenvalue weighted by molar-refractivity contribution is -0.150. The van der Waals surface area contributed by atoms with E-state index >= 15 is 0 Å². The van der Waals surface area contributed by atoms with Gasteiger partial charge in [0.25, 0.3) is 0 Å². The molecule has 0 bridgehead atoms. The highest BCUT2D eigenvalue weighted by molar-refractivity contribution is 5.83. The van der Waals surface area contributed by atoms with E-state index in [0.717, 1.165) is 64.2 Å². The molecule has 0 heterocycles. The van der Waals surface area contributed by atoms with Crippen LogP contribution in [-0.2, 0) is 19.1 Å². The van der Waals surface area contributed by atoms with Gasteiger partial charge >= 0.3 is 11.9 Å². The summed E-state index contributed by atoms with van der Waals surface area (Å²) in [6, 6.07) is -0.853. The van der Waals surface area contributed by atoms with Crippen LogP contribution in [0.1, 0.15) is 206 Å². The zero-order chi connectivity index (χ0) is 34.6. The van der Waals surface area contributed by atoms with Gasteiger partial charge in [0.15, 0.2) is 0 Å². The third-order valence-corrected chi connectivity index (χ3v) is 9.06. The number of amides is 1. The lowest BCUT2D eigenvalue weighted by atomic mass is 10.0. The average molecular weight is 665 g/mol. The zero-order valence-electron chi connectivity index (χ0n) is 30.9. The van der Waals surface area contributed by atoms with Crippen LogP contribution in [0.15, 0.2) is 12.2 Å². The van der Waals surface area contributed by atoms with Crippen molar-refractivity contribution in [3.05, 3.63) is 12.2 Å². The maximum atomic E-state index is 12.7. The standard InChI is InChI=1S/C40H76N2O5/c1-3-5-7-9-11-13-15-16-18-21-25-30-36(47-39(44)34-28-24-19-17-14-12-10-8-6-4-2)31-26-22-20-23-27-33-38(43)42-37(40(45)46)32-29-35-41/h8,10,36-37H,3-7,9,11-35,41H2,1-2H3,(H,42,43)(H,45,46)/b10-8-. The number of nitrogens with two attached hydrogens (primary N) is 1. The quantitative estimate of drug-likeness (QED) is 0.0348. The lowest BCUT2D eigenvalue weighted by Crippen LogP contribution is -2.40. The maximum Gasteiger partial charge on any atom is 0.326 e. The number of ether oxygens (including phenoxy) is 1. The summed E-state index contributed by atoms with van der Waals surface area (Å²) in [5.41, 5.74) is 5.47. The summed E-state index contributed by atoms with van der Waals surface area (Å²) < 4.78 is 6.01. The highest BCUT2D eigenvalue weighted by Gasteiger charge is 2.19. The molecule has 2 atom stereocenters. The monoisotopic (exact) mass is 665 g/mol. The van der Waals surface area contributed by atoms with Crippen LogP contribution in [-0.4, -0.2) is 41.6 Å². The second-order valence-electron chi connectivity index (χ2n) is 13.7. The summed E-state index contributed by atoms with van der Waals surface area (Å²) in [5.74, 6) is -1.23. The van der Waals surface area contributed by atoms with Crippen LogP contribution in [0.3, 0.4) is 0 Å². The number of unbranched alkanes of at least 4 members (excludes halogenated alkanes) is 20. The predicted molar refractivity (Wildman–Crippen MR) is 197 cm³/mol. The zero-order valence-corrected chi connectivity index (χ0v) is 30.9. The summed E-state index contributed by atoms with van der Waals surface area (Å²) in [5, 5.41) is 11.9. The minimum atomic E-state index is -1.00. The number of carbonyl (C=O) groups is 3. The number of hydrogen-bond donors (Lipinski definition) is 3. The van der Waals surface area contributed by atoms with Gasteiger partial charge in [-0.25, -0.2) is 4.79 Å². The van der Waals surface area contributed by atoms with Gasteiger partial charge in [0, 0.05) is 12.8 Å². The van der Waals surface area contributed by atoms with E-state index in [-0.39, 0.29) is 18.0 Å². The number of carboxylic acid groups (broad SMARTS) is 1. The van der Waals surface area contributed by atoms with Gasteiger partial charge < -0.3 is 20.9 Å². The number of carbonyl (C=O) groups excluding carboxylic acids is 2. The van der Waals surface area contributed by atoms with Crippen LogP contribution >= 0.6 is 0 Å². The topological polar surface area (TPSA) is 119 Å². The minimum absolute atomic E-state index is 0.0169. The number of esters is 1. The highest BCUT2D eigenvalue weighted by atomic mass is 16.5. The van der Waals surface area contributed by atoms with E-state index in [1.807, 2.05) is 0 Å². The Kier molecular flexibility index (Phi) is 34.0. The Balaban J connectivity index is 4.31. The van der Waals surface area contributed by atoms with Crippen molar-refractivity contribution in [3.8, 4) is 0 Å². The molecule has 7 heteroatoms. The number of carboxylic acids is 1. The third kappa shape index (κ3) is 32.4. The van der Waals surface area contributed by atoms with Gasteiger partial charge in [-0.2, -0.15) is 0 Å². The van der Waals surface area contributed by atoms with Gasteiger partial charge in [0.1, 0.15) is 12.1 Å². The highest BCUT2D eigenvalue weighted by Crippen LogP contribution is 2.19. The van der Waals surface area contributed by atoms with E-state index in [4.69, 9.17) is 10.5 Å². The molecule has 1 amide bonds. The molecule has 4 N–H and O–H groups in total. The summed E-state index contributed by atoms with van der Waals surface area (Å²) in [4.78, 5) is 36.2. The van der Waals surface area contributed by atoms with Crippen LogP contribution in [0.2, 0.25) is 0 Å². The molecular formula is C40H76N2O5. The Morgan fingerprint density at radius 3 is 1.62 bits per heavy atom. The van der Waals surface area contributed by atoms with Crippen LogP contribution in [0.4, 0.5) is 0 Å². The Hall–Kier alpha value is -1.89. The summed E-state index contributed by atoms with van der Waals surface area (Å²) in [6.45, 7) is 4.89. The van der Waals surface area contributed by atoms with E-state index in [1.54, 1.807) is 0 Å². The fraction of sp³-hybridized carbons (Fsp3) is 0.875. The van der Waals surface area contributed by atoms with Crippen LogP contribution < -0.4 is 11.1 Å². The van der Waals surface area contributed by atoms with Crippen molar-refractivity contribution in [2.45, 2.75) is 219 Å². The van der Waals surface area contributed by atoms with Gasteiger partial charge in [-0.05, 0) is 77.2 Å². The predicted octanol–water partition coefficient (Wildman–Crippen LogP) is 10.7. The minimum Gasteiger partial charge on any atom is -0.480 e. The first-order valence-corrected chi connectivity index (χ1v) is 20.0. The molecule has 0 aromatic carbocycles. The maximum absolute atomic E-state index is 12.7. The average Bonchev–Trinajstić information content (AvgIpc) is 3.05. The van der Waals surface area contributed by atoms with Crippen LogP contribution in [0.5, 0.6) is 0 Å². The first-order chi connectivity index (χ1) is 22.9. The van der Waals surface area contributed by atoms with Crippen molar-refractivity contribution >= 4 is 17.8 Å². The SMILES string of the molecule is CCC/C=C\CCCCCCCC(=O)OC(CCCCCCCCCCCCC)CCCCCCCC(=O)NC(CCCN)C(=O)O. The van der Waals surface area contributed by atoms with E-state index in [2.05, 4.69) is 31.3 Å². The first kappa shape index (κ1) is 45.1. The summed E-state index contributed by atoms with van der Waals surface area (Å²) in [6.07, 6.45) is 36.8. The van der Waals surface area contributed by atoms with Gasteiger partial charge in [0.2, 0.25) is 5.91 Å². The second-order valence-corrected chi connectivity index (χ2v) is 13.7. The Morgan fingerprint density at radius 1 is 0.596 bits per heavy atom. The molecule has 276 valence electrons. The molecular weight excluding hydrogens is 588 g/mol. The van der Waals surface area contributed by atoms with Crippen molar-refractivity contribution in [2.75, 3.05) is 6.54 Å². The fourth-order valence-electron chi connectivity index (χ4n) is 6.04. The molecule has 0 spiro atoms. The molecule has 0 rings (SSSR count). The fourth-order valence-corrected chi connectivity index (χ4v) is 6.04. The van der Waals surface area contributed by atoms with E-state index in [9.17, 15) is 19.5 Å². The molecule has 0 aliphatic rings. The Labute approximate surface area is 290 Å². The van der Waals surface area contributed by atoms with Gasteiger partial charge in [0.05, 0.1) is 0 Å². The number of aliphatic carboxylic acids is 1. The molecule has 0 saturated heterocycles. The van der Waals surface area contributed by atoms with Crippen molar-refractivity contribution in [2.24, 2.45) is 5.73 Å². The van der Waals surface area contributed by atoms with Crippen molar-refractivity contribution < 1.29 is 24.2 Å².